The van der Waals surface area contributed by atoms with Crippen molar-refractivity contribution < 1.29 is 4.79 Å². The highest BCUT2D eigenvalue weighted by Crippen LogP contribution is 2.27. The first-order valence-electron chi connectivity index (χ1n) is 4.58. The van der Waals surface area contributed by atoms with Crippen molar-refractivity contribution >= 4 is 33.0 Å². The second-order valence-electron chi connectivity index (χ2n) is 3.61. The van der Waals surface area contributed by atoms with Crippen LogP contribution in [0.25, 0.3) is 10.1 Å². The van der Waals surface area contributed by atoms with Crippen LogP contribution in [0.15, 0.2) is 24.3 Å². The monoisotopic (exact) mass is 220 g/mol. The molecule has 0 radical (unpaired) electrons. The number of nitrogen functional groups attached to an aromatic ring is 1. The fourth-order valence-electron chi connectivity index (χ4n) is 1.39. The third-order valence-electron chi connectivity index (χ3n) is 2.16. The van der Waals surface area contributed by atoms with Gasteiger partial charge in [-0.3, -0.25) is 4.79 Å². The Bertz CT molecular complexity index is 516. The maximum Gasteiger partial charge on any atom is 0.263 e. The molecule has 0 spiro atoms. The summed E-state index contributed by atoms with van der Waals surface area (Å²) >= 11 is 1.50. The quantitative estimate of drug-likeness (QED) is 0.749. The number of thiophene rings is 1. The average Bonchev–Trinajstić information content (AvgIpc) is 2.58. The second-order valence-corrected chi connectivity index (χ2v) is 4.69. The van der Waals surface area contributed by atoms with Crippen molar-refractivity contribution in [1.29, 1.82) is 0 Å². The maximum absolute atomic E-state index is 11.7. The molecule has 0 unspecified atom stereocenters. The molecule has 4 heteroatoms. The zero-order valence-corrected chi connectivity index (χ0v) is 9.47. The first-order chi connectivity index (χ1) is 7.08. The molecule has 1 aromatic carbocycles. The van der Waals surface area contributed by atoms with Crippen molar-refractivity contribution in [3.8, 4) is 0 Å². The minimum atomic E-state index is 0.0368. The number of nitrogens with zero attached hydrogens (tertiary/aromatic N) is 1. The van der Waals surface area contributed by atoms with Crippen LogP contribution in [-0.4, -0.2) is 24.9 Å². The highest BCUT2D eigenvalue weighted by molar-refractivity contribution is 7.20. The van der Waals surface area contributed by atoms with E-state index in [9.17, 15) is 4.79 Å². The van der Waals surface area contributed by atoms with Crippen molar-refractivity contribution in [2.75, 3.05) is 19.8 Å². The summed E-state index contributed by atoms with van der Waals surface area (Å²) in [6, 6.07) is 7.57. The topological polar surface area (TPSA) is 46.3 Å². The van der Waals surface area contributed by atoms with Crippen molar-refractivity contribution in [1.82, 2.24) is 4.90 Å². The van der Waals surface area contributed by atoms with Gasteiger partial charge in [-0.05, 0) is 29.7 Å². The summed E-state index contributed by atoms with van der Waals surface area (Å²) < 4.78 is 1.09. The van der Waals surface area contributed by atoms with Gasteiger partial charge in [0.05, 0.1) is 4.88 Å². The second kappa shape index (κ2) is 3.55. The number of hydrogen-bond acceptors (Lipinski definition) is 3. The Labute approximate surface area is 92.1 Å². The van der Waals surface area contributed by atoms with E-state index in [0.717, 1.165) is 20.7 Å². The summed E-state index contributed by atoms with van der Waals surface area (Å²) in [6.45, 7) is 0. The number of rotatable bonds is 1. The number of amides is 1. The van der Waals surface area contributed by atoms with Crippen molar-refractivity contribution in [3.05, 3.63) is 29.1 Å². The molecule has 1 amide bonds. The molecule has 0 saturated carbocycles. The van der Waals surface area contributed by atoms with E-state index in [-0.39, 0.29) is 5.91 Å². The van der Waals surface area contributed by atoms with Gasteiger partial charge in [0.15, 0.2) is 0 Å². The maximum atomic E-state index is 11.7. The van der Waals surface area contributed by atoms with Gasteiger partial charge in [0.1, 0.15) is 0 Å². The Hall–Kier alpha value is -1.55. The third kappa shape index (κ3) is 1.80. The molecular weight excluding hydrogens is 208 g/mol. The number of anilines is 1. The number of fused-ring (bicyclic) bond motifs is 1. The number of hydrogen-bond donors (Lipinski definition) is 1. The van der Waals surface area contributed by atoms with Crippen LogP contribution in [0.3, 0.4) is 0 Å². The van der Waals surface area contributed by atoms with Gasteiger partial charge in [-0.15, -0.1) is 11.3 Å². The largest absolute Gasteiger partial charge is 0.399 e. The lowest BCUT2D eigenvalue weighted by Gasteiger charge is -2.06. The molecule has 0 atom stereocenters. The van der Waals surface area contributed by atoms with Gasteiger partial charge >= 0.3 is 0 Å². The van der Waals surface area contributed by atoms with Gasteiger partial charge < -0.3 is 10.6 Å². The normalized spacial score (nSPS) is 10.5. The van der Waals surface area contributed by atoms with Crippen LogP contribution in [0.2, 0.25) is 0 Å². The molecule has 0 saturated heterocycles. The number of carbonyl (C=O) groups excluding carboxylic acids is 1. The number of benzene rings is 1. The van der Waals surface area contributed by atoms with Crippen LogP contribution < -0.4 is 5.73 Å². The standard InChI is InChI=1S/C11H12N2OS/c1-13(2)11(14)10-6-7-5-8(12)3-4-9(7)15-10/h3-6H,12H2,1-2H3. The highest BCUT2D eigenvalue weighted by Gasteiger charge is 2.11. The van der Waals surface area contributed by atoms with Gasteiger partial charge in [0.25, 0.3) is 5.91 Å². The minimum Gasteiger partial charge on any atom is -0.399 e. The summed E-state index contributed by atoms with van der Waals surface area (Å²) in [4.78, 5) is 14.0. The summed E-state index contributed by atoms with van der Waals surface area (Å²) in [6.07, 6.45) is 0. The van der Waals surface area contributed by atoms with Crippen LogP contribution in [0.1, 0.15) is 9.67 Å². The van der Waals surface area contributed by atoms with E-state index in [4.69, 9.17) is 5.73 Å². The number of carbonyl (C=O) groups is 1. The van der Waals surface area contributed by atoms with Crippen molar-refractivity contribution in [3.63, 3.8) is 0 Å². The fraction of sp³-hybridized carbons (Fsp3) is 0.182. The molecule has 1 aromatic heterocycles. The van der Waals surface area contributed by atoms with Gasteiger partial charge in [-0.1, -0.05) is 0 Å². The Morgan fingerprint density at radius 3 is 2.73 bits per heavy atom. The minimum absolute atomic E-state index is 0.0368. The zero-order valence-electron chi connectivity index (χ0n) is 8.65. The first kappa shape index (κ1) is 9.98. The van der Waals surface area contributed by atoms with E-state index in [1.54, 1.807) is 19.0 Å². The van der Waals surface area contributed by atoms with Crippen molar-refractivity contribution in [2.24, 2.45) is 0 Å². The van der Waals surface area contributed by atoms with Gasteiger partial charge in [0, 0.05) is 24.5 Å². The highest BCUT2D eigenvalue weighted by atomic mass is 32.1. The van der Waals surface area contributed by atoms with Gasteiger partial charge in [0.2, 0.25) is 0 Å². The molecule has 2 N–H and O–H groups in total. The molecule has 1 heterocycles. The molecule has 2 aromatic rings. The fourth-order valence-corrected chi connectivity index (χ4v) is 2.45. The van der Waals surface area contributed by atoms with E-state index in [0.29, 0.717) is 0 Å². The Morgan fingerprint density at radius 1 is 1.33 bits per heavy atom. The van der Waals surface area contributed by atoms with Crippen LogP contribution in [-0.2, 0) is 0 Å². The lowest BCUT2D eigenvalue weighted by Crippen LogP contribution is -2.20. The predicted molar refractivity (Wildman–Crippen MR) is 64.3 cm³/mol. The summed E-state index contributed by atoms with van der Waals surface area (Å²) in [5.41, 5.74) is 6.40. The summed E-state index contributed by atoms with van der Waals surface area (Å²) in [5, 5.41) is 1.03. The SMILES string of the molecule is CN(C)C(=O)c1cc2cc(N)ccc2s1. The molecule has 3 nitrogen and oxygen atoms in total. The van der Waals surface area contributed by atoms with E-state index < -0.39 is 0 Å². The summed E-state index contributed by atoms with van der Waals surface area (Å²) in [7, 11) is 3.50. The molecule has 0 fully saturated rings. The van der Waals surface area contributed by atoms with Crippen LogP contribution in [0.5, 0.6) is 0 Å². The number of nitrogens with two attached hydrogens (primary N) is 1. The molecule has 78 valence electrons. The molecule has 2 rings (SSSR count). The van der Waals surface area contributed by atoms with Crippen LogP contribution in [0.4, 0.5) is 5.69 Å². The molecule has 0 aliphatic rings. The van der Waals surface area contributed by atoms with Gasteiger partial charge in [-0.2, -0.15) is 0 Å². The van der Waals surface area contributed by atoms with Crippen molar-refractivity contribution in [2.45, 2.75) is 0 Å². The molecular formula is C11H12N2OS. The Morgan fingerprint density at radius 2 is 2.07 bits per heavy atom. The zero-order chi connectivity index (χ0) is 11.0. The lowest BCUT2D eigenvalue weighted by molar-refractivity contribution is 0.0832. The lowest BCUT2D eigenvalue weighted by atomic mass is 10.2. The smallest absolute Gasteiger partial charge is 0.263 e. The van der Waals surface area contributed by atoms with Crippen LogP contribution in [0, 0.1) is 0 Å². The van der Waals surface area contributed by atoms with Gasteiger partial charge in [-0.25, -0.2) is 0 Å². The Balaban J connectivity index is 2.52. The molecule has 0 aliphatic carbocycles. The predicted octanol–water partition coefficient (Wildman–Crippen LogP) is 2.19. The third-order valence-corrected chi connectivity index (χ3v) is 3.26. The molecule has 0 aliphatic heterocycles. The Kier molecular flexibility index (Phi) is 2.36. The van der Waals surface area contributed by atoms with E-state index in [2.05, 4.69) is 0 Å². The summed E-state index contributed by atoms with van der Waals surface area (Å²) in [5.74, 6) is 0.0368. The molecule has 0 bridgehead atoms. The average molecular weight is 220 g/mol. The molecule has 15 heavy (non-hydrogen) atoms. The van der Waals surface area contributed by atoms with E-state index in [1.165, 1.54) is 11.3 Å². The first-order valence-corrected chi connectivity index (χ1v) is 5.40. The van der Waals surface area contributed by atoms with Crippen LogP contribution >= 0.6 is 11.3 Å². The van der Waals surface area contributed by atoms with E-state index in [1.807, 2.05) is 24.3 Å². The van der Waals surface area contributed by atoms with E-state index >= 15 is 0 Å².